The number of alkyl halides is 1. The number of hydrogen-bond acceptors (Lipinski definition) is 3. The van der Waals surface area contributed by atoms with E-state index < -0.39 is 17.1 Å². The van der Waals surface area contributed by atoms with E-state index >= 15 is 0 Å². The molecule has 3 aromatic heterocycles. The Labute approximate surface area is 157 Å². The Bertz CT molecular complexity index is 1300. The van der Waals surface area contributed by atoms with Crippen LogP contribution in [0.25, 0.3) is 16.9 Å². The molecule has 0 saturated heterocycles. The average molecular weight is 390 g/mol. The van der Waals surface area contributed by atoms with Crippen molar-refractivity contribution in [3.63, 3.8) is 0 Å². The van der Waals surface area contributed by atoms with Crippen LogP contribution in [0, 0.1) is 12.7 Å². The van der Waals surface area contributed by atoms with Crippen molar-refractivity contribution in [2.24, 2.45) is 7.05 Å². The van der Waals surface area contributed by atoms with Gasteiger partial charge in [-0.2, -0.15) is 4.98 Å². The Kier molecular flexibility index (Phi) is 4.15. The summed E-state index contributed by atoms with van der Waals surface area (Å²) < 4.78 is 19.9. The van der Waals surface area contributed by atoms with Gasteiger partial charge in [-0.05, 0) is 13.0 Å². The third-order valence-corrected chi connectivity index (χ3v) is 4.90. The van der Waals surface area contributed by atoms with Crippen LogP contribution >= 0.6 is 11.6 Å². The van der Waals surface area contributed by atoms with Crippen LogP contribution in [0.5, 0.6) is 0 Å². The summed E-state index contributed by atoms with van der Waals surface area (Å²) in [5.41, 5.74) is 0.679. The highest BCUT2D eigenvalue weighted by atomic mass is 35.5. The van der Waals surface area contributed by atoms with Crippen LogP contribution in [-0.2, 0) is 20.1 Å². The number of fused-ring (bicyclic) bond motifs is 3. The first-order valence-corrected chi connectivity index (χ1v) is 8.94. The minimum Gasteiger partial charge on any atom is -0.313 e. The average Bonchev–Trinajstić information content (AvgIpc) is 3.15. The molecule has 0 aliphatic heterocycles. The highest BCUT2D eigenvalue weighted by molar-refractivity contribution is 6.17. The van der Waals surface area contributed by atoms with Gasteiger partial charge in [0.15, 0.2) is 11.2 Å². The molecule has 0 radical (unpaired) electrons. The minimum atomic E-state index is -0.544. The van der Waals surface area contributed by atoms with Gasteiger partial charge < -0.3 is 4.57 Å². The summed E-state index contributed by atoms with van der Waals surface area (Å²) in [5, 5.41) is 0. The first kappa shape index (κ1) is 17.5. The van der Waals surface area contributed by atoms with E-state index in [1.54, 1.807) is 35.8 Å². The highest BCUT2D eigenvalue weighted by Crippen LogP contribution is 2.16. The number of benzene rings is 1. The van der Waals surface area contributed by atoms with Crippen LogP contribution in [0.2, 0.25) is 0 Å². The van der Waals surface area contributed by atoms with E-state index in [1.165, 1.54) is 10.6 Å². The van der Waals surface area contributed by atoms with Crippen molar-refractivity contribution in [3.05, 3.63) is 68.4 Å². The number of aromatic nitrogens is 5. The Morgan fingerprint density at radius 1 is 1.19 bits per heavy atom. The molecule has 9 heteroatoms. The van der Waals surface area contributed by atoms with Gasteiger partial charge in [-0.1, -0.05) is 18.2 Å². The predicted molar refractivity (Wildman–Crippen MR) is 101 cm³/mol. The normalized spacial score (nSPS) is 11.7. The van der Waals surface area contributed by atoms with Crippen LogP contribution in [0.1, 0.15) is 11.3 Å². The summed E-state index contributed by atoms with van der Waals surface area (Å²) in [7, 11) is 1.55. The smallest absolute Gasteiger partial charge is 0.313 e. The highest BCUT2D eigenvalue weighted by Gasteiger charge is 2.20. The summed E-state index contributed by atoms with van der Waals surface area (Å²) in [6.07, 6.45) is 1.79. The standard InChI is InChI=1S/C18H17ClFN5O2/c1-11-9-24-14-15(21-17(24)23(11)8-7-19)22(2)18(27)25(16(14)26)10-12-5-3-4-6-13(12)20/h3-6,9H,7-8,10H2,1-2H3. The summed E-state index contributed by atoms with van der Waals surface area (Å²) in [5.74, 6) is 0.471. The molecule has 3 heterocycles. The molecule has 0 bridgehead atoms. The largest absolute Gasteiger partial charge is 0.332 e. The second-order valence-corrected chi connectivity index (χ2v) is 6.77. The second kappa shape index (κ2) is 6.38. The quantitative estimate of drug-likeness (QED) is 0.500. The molecule has 0 amide bonds. The van der Waals surface area contributed by atoms with Gasteiger partial charge in [-0.15, -0.1) is 11.6 Å². The van der Waals surface area contributed by atoms with Crippen LogP contribution in [-0.4, -0.2) is 29.0 Å². The van der Waals surface area contributed by atoms with Gasteiger partial charge in [0.25, 0.3) is 5.56 Å². The van der Waals surface area contributed by atoms with Gasteiger partial charge in [0.2, 0.25) is 5.78 Å². The van der Waals surface area contributed by atoms with Crippen molar-refractivity contribution in [2.45, 2.75) is 20.0 Å². The van der Waals surface area contributed by atoms with Crippen LogP contribution in [0.15, 0.2) is 40.1 Å². The predicted octanol–water partition coefficient (Wildman–Crippen LogP) is 1.88. The Morgan fingerprint density at radius 2 is 1.93 bits per heavy atom. The lowest BCUT2D eigenvalue weighted by atomic mass is 10.2. The van der Waals surface area contributed by atoms with Gasteiger partial charge in [0, 0.05) is 36.9 Å². The lowest BCUT2D eigenvalue weighted by Gasteiger charge is -2.08. The molecule has 0 fully saturated rings. The fraction of sp³-hybridized carbons (Fsp3) is 0.278. The van der Waals surface area contributed by atoms with E-state index in [-0.39, 0.29) is 23.3 Å². The monoisotopic (exact) mass is 389 g/mol. The van der Waals surface area contributed by atoms with Gasteiger partial charge in [0.05, 0.1) is 6.54 Å². The molecule has 0 spiro atoms. The van der Waals surface area contributed by atoms with E-state index in [0.29, 0.717) is 18.2 Å². The van der Waals surface area contributed by atoms with Crippen LogP contribution < -0.4 is 11.2 Å². The number of rotatable bonds is 4. The van der Waals surface area contributed by atoms with E-state index in [1.807, 2.05) is 11.5 Å². The van der Waals surface area contributed by atoms with Crippen molar-refractivity contribution < 1.29 is 4.39 Å². The number of imidazole rings is 2. The molecule has 0 atom stereocenters. The molecular weight excluding hydrogens is 373 g/mol. The Morgan fingerprint density at radius 3 is 2.63 bits per heavy atom. The van der Waals surface area contributed by atoms with E-state index in [9.17, 15) is 14.0 Å². The lowest BCUT2D eigenvalue weighted by molar-refractivity contribution is 0.582. The van der Waals surface area contributed by atoms with Crippen molar-refractivity contribution in [2.75, 3.05) is 5.88 Å². The minimum absolute atomic E-state index is 0.150. The second-order valence-electron chi connectivity index (χ2n) is 6.39. The fourth-order valence-electron chi connectivity index (χ4n) is 3.35. The number of hydrogen-bond donors (Lipinski definition) is 0. The zero-order valence-corrected chi connectivity index (χ0v) is 15.6. The van der Waals surface area contributed by atoms with E-state index in [4.69, 9.17) is 11.6 Å². The molecule has 27 heavy (non-hydrogen) atoms. The van der Waals surface area contributed by atoms with Crippen LogP contribution in [0.3, 0.4) is 0 Å². The van der Waals surface area contributed by atoms with Crippen molar-refractivity contribution in [1.82, 2.24) is 23.1 Å². The van der Waals surface area contributed by atoms with E-state index in [0.717, 1.165) is 10.3 Å². The SMILES string of the molecule is Cc1cn2c3c(=O)n(Cc4ccccc4F)c(=O)n(C)c3nc2n1CCCl. The van der Waals surface area contributed by atoms with Crippen molar-refractivity contribution in [1.29, 1.82) is 0 Å². The van der Waals surface area contributed by atoms with Crippen molar-refractivity contribution in [3.8, 4) is 0 Å². The molecule has 1 aromatic carbocycles. The first-order valence-electron chi connectivity index (χ1n) is 8.41. The maximum atomic E-state index is 14.0. The molecule has 0 aliphatic rings. The van der Waals surface area contributed by atoms with Gasteiger partial charge in [-0.25, -0.2) is 9.18 Å². The number of nitrogens with zero attached hydrogens (tertiary/aromatic N) is 5. The molecule has 140 valence electrons. The molecule has 4 aromatic rings. The summed E-state index contributed by atoms with van der Waals surface area (Å²) in [4.78, 5) is 30.3. The Balaban J connectivity index is 2.03. The summed E-state index contributed by atoms with van der Waals surface area (Å²) in [6.45, 7) is 2.28. The van der Waals surface area contributed by atoms with Crippen LogP contribution in [0.4, 0.5) is 4.39 Å². The van der Waals surface area contributed by atoms with Gasteiger partial charge in [0.1, 0.15) is 5.82 Å². The lowest BCUT2D eigenvalue weighted by Crippen LogP contribution is -2.39. The zero-order chi connectivity index (χ0) is 19.3. The van der Waals surface area contributed by atoms with Crippen molar-refractivity contribution >= 4 is 28.5 Å². The molecular formula is C18H17ClFN5O2. The maximum absolute atomic E-state index is 14.0. The molecule has 0 unspecified atom stereocenters. The third-order valence-electron chi connectivity index (χ3n) is 4.73. The third kappa shape index (κ3) is 2.59. The molecule has 0 saturated carbocycles. The van der Waals surface area contributed by atoms with Gasteiger partial charge >= 0.3 is 5.69 Å². The molecule has 4 rings (SSSR count). The molecule has 7 nitrogen and oxygen atoms in total. The topological polar surface area (TPSA) is 66.2 Å². The maximum Gasteiger partial charge on any atom is 0.332 e. The molecule has 0 aliphatic carbocycles. The Hall–Kier alpha value is -2.87. The van der Waals surface area contributed by atoms with Gasteiger partial charge in [-0.3, -0.25) is 18.3 Å². The summed E-state index contributed by atoms with van der Waals surface area (Å²) in [6, 6.07) is 6.08. The van der Waals surface area contributed by atoms with E-state index in [2.05, 4.69) is 4.98 Å². The first-order chi connectivity index (χ1) is 12.9. The zero-order valence-electron chi connectivity index (χ0n) is 14.8. The fourth-order valence-corrected chi connectivity index (χ4v) is 3.52. The summed E-state index contributed by atoms with van der Waals surface area (Å²) >= 11 is 5.87. The number of halogens is 2. The molecule has 0 N–H and O–H groups in total. The number of aryl methyl sites for hydroxylation is 3.